The van der Waals surface area contributed by atoms with Gasteiger partial charge in [0.1, 0.15) is 5.82 Å². The Morgan fingerprint density at radius 1 is 1.11 bits per heavy atom. The first kappa shape index (κ1) is 27.1. The number of hydrogen-bond donors (Lipinski definition) is 3. The molecule has 0 aromatic carbocycles. The number of hydrogen-bond acceptors (Lipinski definition) is 8. The van der Waals surface area contributed by atoms with Crippen molar-refractivity contribution in [3.8, 4) is 0 Å². The van der Waals surface area contributed by atoms with Gasteiger partial charge < -0.3 is 25.8 Å². The van der Waals surface area contributed by atoms with Crippen LogP contribution in [0.5, 0.6) is 0 Å². The van der Waals surface area contributed by atoms with Crippen molar-refractivity contribution in [3.63, 3.8) is 0 Å². The summed E-state index contributed by atoms with van der Waals surface area (Å²) in [5.74, 6) is -2.12. The summed E-state index contributed by atoms with van der Waals surface area (Å²) in [5.41, 5.74) is 0.945. The largest absolute Gasteiger partial charge is 0.349 e. The zero-order valence-corrected chi connectivity index (χ0v) is 23.3. The Morgan fingerprint density at radius 2 is 1.89 bits per heavy atom. The summed E-state index contributed by atoms with van der Waals surface area (Å²) in [6.45, 7) is 1.64. The summed E-state index contributed by atoms with van der Waals surface area (Å²) < 4.78 is 0.741. The summed E-state index contributed by atoms with van der Waals surface area (Å²) in [7, 11) is 5.42. The average molecular weight is 593 g/mol. The molecule has 0 saturated heterocycles. The fourth-order valence-corrected chi connectivity index (χ4v) is 5.93. The molecule has 0 spiro atoms. The van der Waals surface area contributed by atoms with Gasteiger partial charge in [0.15, 0.2) is 5.01 Å². The van der Waals surface area contributed by atoms with Crippen molar-refractivity contribution in [1.82, 2.24) is 30.4 Å². The number of halogens is 1. The molecule has 1 fully saturated rings. The molecule has 3 heterocycles. The van der Waals surface area contributed by atoms with Crippen LogP contribution in [0.3, 0.4) is 0 Å². The standard InChI is InChI=1S/C24H30BrN7O4S/c1-31(2)24(36)13-4-6-15(27-20(33)21(34)30-19-7-5-14(25)11-26-19)17(10-13)28-22(35)23-29-16-8-9-32(3)12-18(16)37-23/h5,7,11,13,15,17H,4,6,8-10,12H2,1-3H3,(H,27,33)(H,28,35)(H,26,30,34)/t13-,15-,17+/m0/s1. The molecule has 3 atom stereocenters. The van der Waals surface area contributed by atoms with Crippen LogP contribution in [0, 0.1) is 5.92 Å². The predicted octanol–water partition coefficient (Wildman–Crippen LogP) is 1.40. The minimum atomic E-state index is -0.858. The minimum absolute atomic E-state index is 0.0316. The maximum Gasteiger partial charge on any atom is 0.314 e. The van der Waals surface area contributed by atoms with Gasteiger partial charge in [0.05, 0.1) is 11.7 Å². The quantitative estimate of drug-likeness (QED) is 0.447. The van der Waals surface area contributed by atoms with Crippen molar-refractivity contribution in [2.24, 2.45) is 5.92 Å². The van der Waals surface area contributed by atoms with Crippen LogP contribution in [0.15, 0.2) is 22.8 Å². The second-order valence-corrected chi connectivity index (χ2v) is 11.6. The maximum absolute atomic E-state index is 13.2. The van der Waals surface area contributed by atoms with E-state index in [2.05, 4.69) is 46.7 Å². The molecule has 1 aliphatic heterocycles. The Kier molecular flexibility index (Phi) is 8.55. The molecular formula is C24H30BrN7O4S. The summed E-state index contributed by atoms with van der Waals surface area (Å²) in [6, 6.07) is 2.21. The van der Waals surface area contributed by atoms with E-state index in [1.54, 1.807) is 26.2 Å². The van der Waals surface area contributed by atoms with Gasteiger partial charge in [-0.1, -0.05) is 0 Å². The van der Waals surface area contributed by atoms with Crippen molar-refractivity contribution in [2.45, 2.75) is 44.3 Å². The zero-order valence-electron chi connectivity index (χ0n) is 20.9. The molecule has 13 heteroatoms. The lowest BCUT2D eigenvalue weighted by Crippen LogP contribution is -2.57. The Hall–Kier alpha value is -2.90. The number of thiazole rings is 1. The van der Waals surface area contributed by atoms with Gasteiger partial charge in [-0.15, -0.1) is 11.3 Å². The molecule has 1 saturated carbocycles. The Bertz CT molecular complexity index is 1190. The molecular weight excluding hydrogens is 562 g/mol. The van der Waals surface area contributed by atoms with Crippen LogP contribution in [0.4, 0.5) is 5.82 Å². The number of rotatable bonds is 5. The van der Waals surface area contributed by atoms with Crippen molar-refractivity contribution in [3.05, 3.63) is 38.4 Å². The fraction of sp³-hybridized carbons (Fsp3) is 0.500. The summed E-state index contributed by atoms with van der Waals surface area (Å²) in [5, 5.41) is 8.58. The number of carbonyl (C=O) groups is 4. The normalized spacial score (nSPS) is 21.5. The Labute approximate surface area is 227 Å². The second-order valence-electron chi connectivity index (χ2n) is 9.60. The van der Waals surface area contributed by atoms with E-state index in [4.69, 9.17) is 0 Å². The second kappa shape index (κ2) is 11.7. The highest BCUT2D eigenvalue weighted by molar-refractivity contribution is 9.10. The smallest absolute Gasteiger partial charge is 0.314 e. The highest BCUT2D eigenvalue weighted by atomic mass is 79.9. The van der Waals surface area contributed by atoms with Crippen LogP contribution in [-0.4, -0.2) is 83.2 Å². The third-order valence-corrected chi connectivity index (χ3v) is 8.12. The summed E-state index contributed by atoms with van der Waals surface area (Å²) >= 11 is 4.64. The van der Waals surface area contributed by atoms with Crippen LogP contribution in [0.25, 0.3) is 0 Å². The summed E-state index contributed by atoms with van der Waals surface area (Å²) in [4.78, 5) is 64.4. The number of fused-ring (bicyclic) bond motifs is 1. The van der Waals surface area contributed by atoms with Gasteiger partial charge in [-0.25, -0.2) is 9.97 Å². The number of nitrogens with one attached hydrogen (secondary N) is 3. The number of anilines is 1. The van der Waals surface area contributed by atoms with E-state index in [1.807, 2.05) is 7.05 Å². The molecule has 0 bridgehead atoms. The molecule has 11 nitrogen and oxygen atoms in total. The average Bonchev–Trinajstić information content (AvgIpc) is 3.29. The maximum atomic E-state index is 13.2. The lowest BCUT2D eigenvalue weighted by molar-refractivity contribution is -0.137. The number of aromatic nitrogens is 2. The van der Waals surface area contributed by atoms with E-state index >= 15 is 0 Å². The van der Waals surface area contributed by atoms with E-state index in [-0.39, 0.29) is 23.6 Å². The van der Waals surface area contributed by atoms with Gasteiger partial charge in [0.2, 0.25) is 5.91 Å². The van der Waals surface area contributed by atoms with Gasteiger partial charge in [0, 0.05) is 61.1 Å². The minimum Gasteiger partial charge on any atom is -0.349 e. The molecule has 0 radical (unpaired) electrons. The van der Waals surface area contributed by atoms with Crippen LogP contribution in [-0.2, 0) is 27.3 Å². The Balaban J connectivity index is 1.45. The molecule has 4 amide bonds. The van der Waals surface area contributed by atoms with E-state index in [0.29, 0.717) is 24.3 Å². The van der Waals surface area contributed by atoms with Crippen molar-refractivity contribution in [2.75, 3.05) is 33.0 Å². The number of likely N-dealkylation sites (N-methyl/N-ethyl adjacent to an activating group) is 1. The molecule has 3 N–H and O–H groups in total. The van der Waals surface area contributed by atoms with E-state index in [9.17, 15) is 19.2 Å². The lowest BCUT2D eigenvalue weighted by Gasteiger charge is -2.37. The van der Waals surface area contributed by atoms with E-state index < -0.39 is 23.9 Å². The van der Waals surface area contributed by atoms with Crippen molar-refractivity contribution in [1.29, 1.82) is 0 Å². The topological polar surface area (TPSA) is 137 Å². The molecule has 198 valence electrons. The van der Waals surface area contributed by atoms with Crippen LogP contribution >= 0.6 is 27.3 Å². The number of carbonyl (C=O) groups excluding carboxylic acids is 4. The molecule has 2 aliphatic rings. The van der Waals surface area contributed by atoms with E-state index in [0.717, 1.165) is 34.6 Å². The summed E-state index contributed by atoms with van der Waals surface area (Å²) in [6.07, 6.45) is 3.61. The molecule has 37 heavy (non-hydrogen) atoms. The lowest BCUT2D eigenvalue weighted by atomic mass is 9.81. The highest BCUT2D eigenvalue weighted by Gasteiger charge is 2.37. The molecule has 1 aliphatic carbocycles. The molecule has 0 unspecified atom stereocenters. The zero-order chi connectivity index (χ0) is 26.7. The number of pyridine rings is 1. The number of nitrogens with zero attached hydrogens (tertiary/aromatic N) is 4. The van der Waals surface area contributed by atoms with Gasteiger partial charge in [-0.05, 0) is 54.4 Å². The van der Waals surface area contributed by atoms with Crippen LogP contribution in [0.2, 0.25) is 0 Å². The first-order valence-corrected chi connectivity index (χ1v) is 13.6. The third-order valence-electron chi connectivity index (χ3n) is 6.56. The fourth-order valence-electron chi connectivity index (χ4n) is 4.60. The van der Waals surface area contributed by atoms with Crippen LogP contribution in [0.1, 0.15) is 39.6 Å². The van der Waals surface area contributed by atoms with Crippen molar-refractivity contribution < 1.29 is 19.2 Å². The Morgan fingerprint density at radius 3 is 2.59 bits per heavy atom. The van der Waals surface area contributed by atoms with Gasteiger partial charge in [-0.3, -0.25) is 19.2 Å². The third kappa shape index (κ3) is 6.70. The monoisotopic (exact) mass is 591 g/mol. The molecule has 2 aromatic rings. The van der Waals surface area contributed by atoms with E-state index in [1.165, 1.54) is 22.4 Å². The predicted molar refractivity (Wildman–Crippen MR) is 142 cm³/mol. The van der Waals surface area contributed by atoms with Gasteiger partial charge in [-0.2, -0.15) is 0 Å². The highest BCUT2D eigenvalue weighted by Crippen LogP contribution is 2.28. The van der Waals surface area contributed by atoms with Gasteiger partial charge >= 0.3 is 11.8 Å². The molecule has 2 aromatic heterocycles. The first-order valence-electron chi connectivity index (χ1n) is 12.0. The van der Waals surface area contributed by atoms with Crippen molar-refractivity contribution >= 4 is 56.7 Å². The van der Waals surface area contributed by atoms with Gasteiger partial charge in [0.25, 0.3) is 5.91 Å². The number of amides is 4. The SMILES string of the molecule is CN1CCc2nc(C(=O)N[C@@H]3C[C@@H](C(=O)N(C)C)CC[C@@H]3NC(=O)C(=O)Nc3ccc(Br)cn3)sc2C1. The molecule has 4 rings (SSSR count). The first-order chi connectivity index (χ1) is 17.6. The van der Waals surface area contributed by atoms with Crippen LogP contribution < -0.4 is 16.0 Å².